The number of nitrogens with one attached hydrogen (secondary N) is 1. The van der Waals surface area contributed by atoms with Gasteiger partial charge in [-0.3, -0.25) is 4.79 Å². The van der Waals surface area contributed by atoms with Crippen LogP contribution in [0.1, 0.15) is 32.3 Å². The van der Waals surface area contributed by atoms with Crippen LogP contribution in [-0.2, 0) is 11.2 Å². The molecule has 0 radical (unpaired) electrons. The lowest BCUT2D eigenvalue weighted by Crippen LogP contribution is -2.44. The van der Waals surface area contributed by atoms with Gasteiger partial charge in [0.05, 0.1) is 6.07 Å². The Morgan fingerprint density at radius 1 is 1.35 bits per heavy atom. The molecule has 0 spiro atoms. The molecule has 0 aliphatic carbocycles. The Labute approximate surface area is 124 Å². The summed E-state index contributed by atoms with van der Waals surface area (Å²) < 4.78 is 0. The van der Waals surface area contributed by atoms with Crippen LogP contribution in [0, 0.1) is 11.3 Å². The van der Waals surface area contributed by atoms with E-state index in [-0.39, 0.29) is 5.91 Å². The number of rotatable bonds is 4. The van der Waals surface area contributed by atoms with Gasteiger partial charge in [0.2, 0.25) is 0 Å². The second kappa shape index (κ2) is 5.59. The third-order valence-corrected chi connectivity index (χ3v) is 3.77. The molecule has 5 heteroatoms. The van der Waals surface area contributed by atoms with Gasteiger partial charge in [0.15, 0.2) is 5.11 Å². The van der Waals surface area contributed by atoms with Crippen molar-refractivity contribution in [3.8, 4) is 6.07 Å². The molecule has 0 bridgehead atoms. The maximum absolute atomic E-state index is 11.9. The average Bonchev–Trinajstić information content (AvgIpc) is 2.60. The van der Waals surface area contributed by atoms with Crippen molar-refractivity contribution in [2.45, 2.75) is 38.6 Å². The Kier molecular flexibility index (Phi) is 4.05. The van der Waals surface area contributed by atoms with Crippen LogP contribution in [-0.4, -0.2) is 16.6 Å². The van der Waals surface area contributed by atoms with Crippen LogP contribution in [0.4, 0.5) is 5.69 Å². The lowest BCUT2D eigenvalue weighted by atomic mass is 10.0. The molecule has 0 aromatic heterocycles. The highest BCUT2D eigenvalue weighted by Crippen LogP contribution is 2.29. The molecule has 0 saturated carbocycles. The molecular formula is C15H17N3OS. The number of aryl methyl sites for hydroxylation is 1. The Bertz CT molecular complexity index is 572. The molecule has 0 atom stereocenters. The largest absolute Gasteiger partial charge is 0.304 e. The molecule has 104 valence electrons. The van der Waals surface area contributed by atoms with Gasteiger partial charge >= 0.3 is 0 Å². The van der Waals surface area contributed by atoms with E-state index < -0.39 is 5.54 Å². The van der Waals surface area contributed by atoms with Crippen LogP contribution < -0.4 is 10.2 Å². The quantitative estimate of drug-likeness (QED) is 0.683. The molecule has 1 aromatic rings. The fourth-order valence-corrected chi connectivity index (χ4v) is 2.71. The fraction of sp³-hybridized carbons (Fsp3) is 0.400. The summed E-state index contributed by atoms with van der Waals surface area (Å²) in [5.74, 6) is -0.0828. The number of carbonyl (C=O) groups is 1. The summed E-state index contributed by atoms with van der Waals surface area (Å²) in [6.45, 7) is 3.70. The summed E-state index contributed by atoms with van der Waals surface area (Å²) in [6, 6.07) is 10.1. The zero-order valence-electron chi connectivity index (χ0n) is 11.6. The van der Waals surface area contributed by atoms with Gasteiger partial charge in [0.1, 0.15) is 5.54 Å². The van der Waals surface area contributed by atoms with Crippen LogP contribution in [0.15, 0.2) is 24.3 Å². The Balaban J connectivity index is 2.16. The summed E-state index contributed by atoms with van der Waals surface area (Å²) in [6.07, 6.45) is 2.33. The highest BCUT2D eigenvalue weighted by Gasteiger charge is 2.44. The lowest BCUT2D eigenvalue weighted by Gasteiger charge is -2.29. The van der Waals surface area contributed by atoms with Crippen molar-refractivity contribution < 1.29 is 4.79 Å². The molecule has 1 N–H and O–H groups in total. The number of hydrogen-bond donors (Lipinski definition) is 1. The molecule has 1 aliphatic heterocycles. The first-order chi connectivity index (χ1) is 9.46. The van der Waals surface area contributed by atoms with Crippen LogP contribution in [0.3, 0.4) is 0 Å². The molecule has 1 saturated heterocycles. The van der Waals surface area contributed by atoms with Crippen LogP contribution in [0.25, 0.3) is 0 Å². The van der Waals surface area contributed by atoms with E-state index in [1.165, 1.54) is 5.56 Å². The minimum atomic E-state index is -0.667. The van der Waals surface area contributed by atoms with E-state index in [4.69, 9.17) is 17.5 Å². The summed E-state index contributed by atoms with van der Waals surface area (Å²) in [7, 11) is 0. The van der Waals surface area contributed by atoms with Gasteiger partial charge < -0.3 is 10.2 Å². The normalized spacial score (nSPS) is 16.9. The van der Waals surface area contributed by atoms with Crippen molar-refractivity contribution in [1.82, 2.24) is 5.32 Å². The van der Waals surface area contributed by atoms with Crippen LogP contribution >= 0.6 is 12.2 Å². The SMILES string of the molecule is CC1(C)C(=O)NC(=S)N1c1ccc(CCCC#N)cc1. The minimum Gasteiger partial charge on any atom is -0.304 e. The summed E-state index contributed by atoms with van der Waals surface area (Å²) in [5.41, 5.74) is 1.42. The summed E-state index contributed by atoms with van der Waals surface area (Å²) >= 11 is 5.22. The first kappa shape index (κ1) is 14.5. The smallest absolute Gasteiger partial charge is 0.251 e. The first-order valence-corrected chi connectivity index (χ1v) is 6.99. The predicted octanol–water partition coefficient (Wildman–Crippen LogP) is 2.53. The first-order valence-electron chi connectivity index (χ1n) is 6.58. The number of benzene rings is 1. The number of nitriles is 1. The molecular weight excluding hydrogens is 270 g/mol. The third kappa shape index (κ3) is 2.66. The standard InChI is InChI=1S/C15H17N3OS/c1-15(2)13(19)17-14(20)18(15)12-8-6-11(7-9-12)5-3-4-10-16/h6-9H,3-5H2,1-2H3,(H,17,19,20). The number of carbonyl (C=O) groups excluding carboxylic acids is 1. The van der Waals surface area contributed by atoms with E-state index >= 15 is 0 Å². The van der Waals surface area contributed by atoms with Crippen molar-refractivity contribution in [3.05, 3.63) is 29.8 Å². The molecule has 1 fully saturated rings. The maximum Gasteiger partial charge on any atom is 0.251 e. The number of hydrogen-bond acceptors (Lipinski definition) is 3. The van der Waals surface area contributed by atoms with Gasteiger partial charge in [-0.05, 0) is 56.6 Å². The lowest BCUT2D eigenvalue weighted by molar-refractivity contribution is -0.122. The van der Waals surface area contributed by atoms with Crippen molar-refractivity contribution in [2.24, 2.45) is 0 Å². The highest BCUT2D eigenvalue weighted by molar-refractivity contribution is 7.80. The number of thiocarbonyl (C=S) groups is 1. The van der Waals surface area contributed by atoms with E-state index in [2.05, 4.69) is 11.4 Å². The Morgan fingerprint density at radius 2 is 2.00 bits per heavy atom. The molecule has 20 heavy (non-hydrogen) atoms. The summed E-state index contributed by atoms with van der Waals surface area (Å²) in [5, 5.41) is 11.7. The number of amides is 1. The molecule has 2 rings (SSSR count). The molecule has 1 amide bonds. The van der Waals surface area contributed by atoms with E-state index in [1.807, 2.05) is 43.0 Å². The topological polar surface area (TPSA) is 56.1 Å². The average molecular weight is 287 g/mol. The van der Waals surface area contributed by atoms with Crippen molar-refractivity contribution in [2.75, 3.05) is 4.90 Å². The van der Waals surface area contributed by atoms with Gasteiger partial charge in [0, 0.05) is 12.1 Å². The van der Waals surface area contributed by atoms with E-state index in [0.717, 1.165) is 18.5 Å². The van der Waals surface area contributed by atoms with E-state index in [0.29, 0.717) is 11.5 Å². The zero-order chi connectivity index (χ0) is 14.8. The molecule has 1 aliphatic rings. The number of unbranched alkanes of at least 4 members (excludes halogenated alkanes) is 1. The van der Waals surface area contributed by atoms with Crippen molar-refractivity contribution >= 4 is 28.9 Å². The molecule has 1 aromatic carbocycles. The third-order valence-electron chi connectivity index (χ3n) is 3.49. The van der Waals surface area contributed by atoms with Crippen LogP contribution in [0.2, 0.25) is 0 Å². The van der Waals surface area contributed by atoms with E-state index in [1.54, 1.807) is 0 Å². The Hall–Kier alpha value is -1.93. The van der Waals surface area contributed by atoms with Crippen LogP contribution in [0.5, 0.6) is 0 Å². The molecule has 1 heterocycles. The second-order valence-electron chi connectivity index (χ2n) is 5.33. The highest BCUT2D eigenvalue weighted by atomic mass is 32.1. The fourth-order valence-electron chi connectivity index (χ4n) is 2.28. The van der Waals surface area contributed by atoms with Gasteiger partial charge in [-0.1, -0.05) is 12.1 Å². The van der Waals surface area contributed by atoms with Gasteiger partial charge in [-0.25, -0.2) is 0 Å². The number of anilines is 1. The van der Waals surface area contributed by atoms with Gasteiger partial charge in [-0.15, -0.1) is 0 Å². The molecule has 0 unspecified atom stereocenters. The van der Waals surface area contributed by atoms with Gasteiger partial charge in [-0.2, -0.15) is 5.26 Å². The van der Waals surface area contributed by atoms with E-state index in [9.17, 15) is 4.79 Å². The minimum absolute atomic E-state index is 0.0828. The monoisotopic (exact) mass is 287 g/mol. The number of nitrogens with zero attached hydrogens (tertiary/aromatic N) is 2. The molecule has 4 nitrogen and oxygen atoms in total. The zero-order valence-corrected chi connectivity index (χ0v) is 12.5. The predicted molar refractivity (Wildman–Crippen MR) is 82.3 cm³/mol. The Morgan fingerprint density at radius 3 is 2.50 bits per heavy atom. The van der Waals surface area contributed by atoms with Crippen molar-refractivity contribution in [1.29, 1.82) is 5.26 Å². The second-order valence-corrected chi connectivity index (χ2v) is 5.72. The van der Waals surface area contributed by atoms with Crippen molar-refractivity contribution in [3.63, 3.8) is 0 Å². The maximum atomic E-state index is 11.9. The van der Waals surface area contributed by atoms with Gasteiger partial charge in [0.25, 0.3) is 5.91 Å². The summed E-state index contributed by atoms with van der Waals surface area (Å²) in [4.78, 5) is 13.7.